The fraction of sp³-hybridized carbons (Fsp3) is 0.929. The van der Waals surface area contributed by atoms with Gasteiger partial charge in [-0.1, -0.05) is 33.6 Å². The molecule has 116 valence electrons. The Hall–Kier alpha value is -0.620. The largest absolute Gasteiger partial charge is 0.322 e. The predicted octanol–water partition coefficient (Wildman–Crippen LogP) is 1.15. The van der Waals surface area contributed by atoms with E-state index in [1.807, 2.05) is 4.90 Å². The summed E-state index contributed by atoms with van der Waals surface area (Å²) in [6.07, 6.45) is 3.40. The monoisotopic (exact) mass is 302 g/mol. The first-order chi connectivity index (χ1) is 9.39. The first kappa shape index (κ1) is 15.8. The van der Waals surface area contributed by atoms with Gasteiger partial charge in [0.1, 0.15) is 0 Å². The third-order valence-corrected chi connectivity index (χ3v) is 6.36. The lowest BCUT2D eigenvalue weighted by Gasteiger charge is -2.29. The predicted molar refractivity (Wildman–Crippen MR) is 79.0 cm³/mol. The molecule has 0 aromatic carbocycles. The van der Waals surface area contributed by atoms with Gasteiger partial charge in [-0.2, -0.15) is 0 Å². The summed E-state index contributed by atoms with van der Waals surface area (Å²) in [5.41, 5.74) is 0. The maximum atomic E-state index is 12.7. The molecule has 1 N–H and O–H groups in total. The Labute approximate surface area is 122 Å². The average molecular weight is 302 g/mol. The van der Waals surface area contributed by atoms with Crippen LogP contribution < -0.4 is 5.32 Å². The molecule has 0 bridgehead atoms. The minimum atomic E-state index is -2.96. The van der Waals surface area contributed by atoms with Crippen LogP contribution in [0.25, 0.3) is 0 Å². The zero-order valence-electron chi connectivity index (χ0n) is 12.6. The lowest BCUT2D eigenvalue weighted by Crippen LogP contribution is -2.45. The van der Waals surface area contributed by atoms with Crippen LogP contribution in [0.3, 0.4) is 0 Å². The maximum Gasteiger partial charge on any atom is 0.241 e. The molecule has 2 fully saturated rings. The molecule has 0 saturated carbocycles. The number of carbonyl (C=O) groups excluding carboxylic acids is 1. The van der Waals surface area contributed by atoms with Gasteiger partial charge < -0.3 is 4.90 Å². The summed E-state index contributed by atoms with van der Waals surface area (Å²) in [6, 6.07) is -0.287. The highest BCUT2D eigenvalue weighted by molar-refractivity contribution is 7.91. The SMILES string of the molecule is CCCC1NC(C(C)CC)C(=O)N1C1CCS(=O)(=O)C1. The normalized spacial score (nSPS) is 34.6. The number of amides is 1. The summed E-state index contributed by atoms with van der Waals surface area (Å²) in [5.74, 6) is 0.729. The first-order valence-electron chi connectivity index (χ1n) is 7.68. The maximum absolute atomic E-state index is 12.7. The molecule has 6 heteroatoms. The number of nitrogens with one attached hydrogen (secondary N) is 1. The van der Waals surface area contributed by atoms with Crippen LogP contribution >= 0.6 is 0 Å². The third kappa shape index (κ3) is 3.01. The van der Waals surface area contributed by atoms with Gasteiger partial charge in [0.2, 0.25) is 5.91 Å². The molecule has 0 aromatic rings. The van der Waals surface area contributed by atoms with Gasteiger partial charge in [-0.25, -0.2) is 8.42 Å². The third-order valence-electron chi connectivity index (χ3n) is 4.61. The molecule has 2 rings (SSSR count). The molecule has 0 aliphatic carbocycles. The van der Waals surface area contributed by atoms with Gasteiger partial charge >= 0.3 is 0 Å². The van der Waals surface area contributed by atoms with E-state index in [9.17, 15) is 13.2 Å². The fourth-order valence-corrected chi connectivity index (χ4v) is 4.95. The van der Waals surface area contributed by atoms with Crippen LogP contribution in [0.2, 0.25) is 0 Å². The smallest absolute Gasteiger partial charge is 0.241 e. The van der Waals surface area contributed by atoms with Crippen molar-refractivity contribution in [3.63, 3.8) is 0 Å². The second-order valence-corrected chi connectivity index (χ2v) is 8.37. The number of carbonyl (C=O) groups is 1. The summed E-state index contributed by atoms with van der Waals surface area (Å²) < 4.78 is 23.4. The quantitative estimate of drug-likeness (QED) is 0.827. The molecule has 0 radical (unpaired) electrons. The molecular weight excluding hydrogens is 276 g/mol. The minimum absolute atomic E-state index is 0.00444. The van der Waals surface area contributed by atoms with E-state index in [2.05, 4.69) is 26.1 Å². The summed E-state index contributed by atoms with van der Waals surface area (Å²) >= 11 is 0. The number of rotatable bonds is 5. The zero-order valence-corrected chi connectivity index (χ0v) is 13.4. The molecule has 2 aliphatic rings. The lowest BCUT2D eigenvalue weighted by atomic mass is 9.99. The summed E-state index contributed by atoms with van der Waals surface area (Å²) in [4.78, 5) is 14.5. The van der Waals surface area contributed by atoms with E-state index in [1.165, 1.54) is 0 Å². The zero-order chi connectivity index (χ0) is 14.9. The van der Waals surface area contributed by atoms with E-state index in [4.69, 9.17) is 0 Å². The lowest BCUT2D eigenvalue weighted by molar-refractivity contribution is -0.132. The van der Waals surface area contributed by atoms with Crippen molar-refractivity contribution in [1.82, 2.24) is 10.2 Å². The summed E-state index contributed by atoms with van der Waals surface area (Å²) in [7, 11) is -2.96. The Balaban J connectivity index is 2.18. The first-order valence-corrected chi connectivity index (χ1v) is 9.50. The minimum Gasteiger partial charge on any atom is -0.322 e. The molecule has 2 aliphatic heterocycles. The topological polar surface area (TPSA) is 66.5 Å². The number of hydrogen-bond acceptors (Lipinski definition) is 4. The fourth-order valence-electron chi connectivity index (χ4n) is 3.24. The van der Waals surface area contributed by atoms with E-state index in [1.54, 1.807) is 0 Å². The number of sulfone groups is 1. The van der Waals surface area contributed by atoms with Crippen molar-refractivity contribution >= 4 is 15.7 Å². The van der Waals surface area contributed by atoms with Crippen LogP contribution in [0.1, 0.15) is 46.5 Å². The highest BCUT2D eigenvalue weighted by atomic mass is 32.2. The Kier molecular flexibility index (Phi) is 4.74. The second-order valence-electron chi connectivity index (χ2n) is 6.14. The van der Waals surface area contributed by atoms with E-state index in [-0.39, 0.29) is 41.6 Å². The molecule has 2 saturated heterocycles. The highest BCUT2D eigenvalue weighted by Gasteiger charge is 2.46. The van der Waals surface area contributed by atoms with Crippen LogP contribution in [-0.4, -0.2) is 49.0 Å². The van der Waals surface area contributed by atoms with E-state index < -0.39 is 9.84 Å². The molecular formula is C14H26N2O3S. The van der Waals surface area contributed by atoms with Crippen molar-refractivity contribution in [3.8, 4) is 0 Å². The van der Waals surface area contributed by atoms with Crippen LogP contribution in [0.15, 0.2) is 0 Å². The van der Waals surface area contributed by atoms with Crippen LogP contribution in [0.4, 0.5) is 0 Å². The Morgan fingerprint density at radius 1 is 1.40 bits per heavy atom. The Morgan fingerprint density at radius 3 is 2.60 bits per heavy atom. The van der Waals surface area contributed by atoms with Crippen molar-refractivity contribution in [2.24, 2.45) is 5.92 Å². The van der Waals surface area contributed by atoms with Crippen molar-refractivity contribution in [2.45, 2.75) is 64.7 Å². The van der Waals surface area contributed by atoms with Crippen molar-refractivity contribution in [2.75, 3.05) is 11.5 Å². The van der Waals surface area contributed by atoms with Gasteiger partial charge in [-0.15, -0.1) is 0 Å². The molecule has 1 amide bonds. The van der Waals surface area contributed by atoms with Gasteiger partial charge in [0.05, 0.1) is 23.7 Å². The van der Waals surface area contributed by atoms with E-state index >= 15 is 0 Å². The summed E-state index contributed by atoms with van der Waals surface area (Å²) in [6.45, 7) is 6.25. The van der Waals surface area contributed by atoms with Crippen LogP contribution in [-0.2, 0) is 14.6 Å². The summed E-state index contributed by atoms with van der Waals surface area (Å²) in [5, 5.41) is 3.43. The number of hydrogen-bond donors (Lipinski definition) is 1. The molecule has 2 heterocycles. The second kappa shape index (κ2) is 6.02. The van der Waals surface area contributed by atoms with E-state index in [0.29, 0.717) is 6.42 Å². The standard InChI is InChI=1S/C14H26N2O3S/c1-4-6-12-15-13(10(3)5-2)14(17)16(12)11-7-8-20(18,19)9-11/h10-13,15H,4-9H2,1-3H3. The molecule has 4 atom stereocenters. The van der Waals surface area contributed by atoms with Gasteiger partial charge in [0, 0.05) is 6.04 Å². The van der Waals surface area contributed by atoms with Crippen molar-refractivity contribution in [3.05, 3.63) is 0 Å². The van der Waals surface area contributed by atoms with Crippen LogP contribution in [0, 0.1) is 5.92 Å². The van der Waals surface area contributed by atoms with Gasteiger partial charge in [-0.05, 0) is 18.8 Å². The molecule has 4 unspecified atom stereocenters. The Morgan fingerprint density at radius 2 is 2.10 bits per heavy atom. The number of nitrogens with zero attached hydrogens (tertiary/aromatic N) is 1. The van der Waals surface area contributed by atoms with Gasteiger partial charge in [0.15, 0.2) is 9.84 Å². The highest BCUT2D eigenvalue weighted by Crippen LogP contribution is 2.28. The van der Waals surface area contributed by atoms with Gasteiger partial charge in [0.25, 0.3) is 0 Å². The Bertz CT molecular complexity index is 463. The van der Waals surface area contributed by atoms with Crippen LogP contribution in [0.5, 0.6) is 0 Å². The van der Waals surface area contributed by atoms with Crippen molar-refractivity contribution < 1.29 is 13.2 Å². The van der Waals surface area contributed by atoms with E-state index in [0.717, 1.165) is 19.3 Å². The average Bonchev–Trinajstić information content (AvgIpc) is 2.89. The molecule has 0 aromatic heterocycles. The van der Waals surface area contributed by atoms with Crippen molar-refractivity contribution in [1.29, 1.82) is 0 Å². The van der Waals surface area contributed by atoms with Gasteiger partial charge in [-0.3, -0.25) is 10.1 Å². The molecule has 5 nitrogen and oxygen atoms in total. The molecule has 20 heavy (non-hydrogen) atoms. The molecule has 0 spiro atoms.